The van der Waals surface area contributed by atoms with Crippen molar-refractivity contribution in [3.8, 4) is 0 Å². The van der Waals surface area contributed by atoms with Crippen LogP contribution in [0.4, 0.5) is 0 Å². The molecule has 5 heteroatoms. The van der Waals surface area contributed by atoms with Gasteiger partial charge in [0.05, 0.1) is 11.7 Å². The molecular formula is C16H26N4S. The number of aryl methyl sites for hydroxylation is 1. The van der Waals surface area contributed by atoms with Crippen molar-refractivity contribution in [2.45, 2.75) is 32.4 Å². The van der Waals surface area contributed by atoms with Gasteiger partial charge in [0.2, 0.25) is 0 Å². The highest BCUT2D eigenvalue weighted by Crippen LogP contribution is 2.23. The topological polar surface area (TPSA) is 33.1 Å². The number of hydrogen-bond donors (Lipinski definition) is 1. The van der Waals surface area contributed by atoms with Crippen LogP contribution in [0.2, 0.25) is 0 Å². The van der Waals surface area contributed by atoms with Gasteiger partial charge in [-0.05, 0) is 31.5 Å². The number of likely N-dealkylation sites (N-methyl/N-ethyl adjacent to an activating group) is 1. The van der Waals surface area contributed by atoms with Gasteiger partial charge in [-0.15, -0.1) is 11.3 Å². The third kappa shape index (κ3) is 4.15. The minimum atomic E-state index is 0.421. The van der Waals surface area contributed by atoms with Crippen LogP contribution in [0.25, 0.3) is 0 Å². The van der Waals surface area contributed by atoms with E-state index in [1.165, 1.54) is 16.1 Å². The van der Waals surface area contributed by atoms with Crippen molar-refractivity contribution >= 4 is 11.3 Å². The summed E-state index contributed by atoms with van der Waals surface area (Å²) in [4.78, 5) is 3.67. The van der Waals surface area contributed by atoms with Gasteiger partial charge >= 0.3 is 0 Å². The summed E-state index contributed by atoms with van der Waals surface area (Å²) in [6, 6.07) is 4.75. The SMILES string of the molecule is CC(C)c1nn(C)cc1CNCC(c1cccs1)N(C)C. The number of aromatic nitrogens is 2. The van der Waals surface area contributed by atoms with E-state index < -0.39 is 0 Å². The maximum absolute atomic E-state index is 4.56. The summed E-state index contributed by atoms with van der Waals surface area (Å²) in [6.07, 6.45) is 2.12. The zero-order valence-electron chi connectivity index (χ0n) is 13.6. The quantitative estimate of drug-likeness (QED) is 0.853. The summed E-state index contributed by atoms with van der Waals surface area (Å²) >= 11 is 1.82. The van der Waals surface area contributed by atoms with Gasteiger partial charge in [0.15, 0.2) is 0 Å². The highest BCUT2D eigenvalue weighted by molar-refractivity contribution is 7.10. The third-order valence-electron chi connectivity index (χ3n) is 3.63. The lowest BCUT2D eigenvalue weighted by atomic mass is 10.1. The molecule has 0 fully saturated rings. The smallest absolute Gasteiger partial charge is 0.0694 e. The molecule has 0 saturated carbocycles. The molecule has 2 aromatic heterocycles. The number of hydrogen-bond acceptors (Lipinski definition) is 4. The van der Waals surface area contributed by atoms with Crippen LogP contribution in [0.1, 0.15) is 41.9 Å². The first-order valence-corrected chi connectivity index (χ1v) is 8.30. The first-order valence-electron chi connectivity index (χ1n) is 7.42. The Labute approximate surface area is 131 Å². The van der Waals surface area contributed by atoms with E-state index in [-0.39, 0.29) is 0 Å². The van der Waals surface area contributed by atoms with Crippen LogP contribution in [0.3, 0.4) is 0 Å². The van der Waals surface area contributed by atoms with Gasteiger partial charge < -0.3 is 10.2 Å². The predicted molar refractivity (Wildman–Crippen MR) is 89.8 cm³/mol. The number of nitrogens with zero attached hydrogens (tertiary/aromatic N) is 3. The largest absolute Gasteiger partial charge is 0.311 e. The Morgan fingerprint density at radius 2 is 2.14 bits per heavy atom. The van der Waals surface area contributed by atoms with Crippen molar-refractivity contribution < 1.29 is 0 Å². The first-order chi connectivity index (χ1) is 9.99. The lowest BCUT2D eigenvalue weighted by molar-refractivity contribution is 0.292. The number of thiophene rings is 1. The molecule has 0 bridgehead atoms. The molecule has 116 valence electrons. The standard InChI is InChI=1S/C16H26N4S/c1-12(2)16-13(11-20(5)18-16)9-17-10-14(19(3)4)15-7-6-8-21-15/h6-8,11-12,14,17H,9-10H2,1-5H3. The zero-order valence-corrected chi connectivity index (χ0v) is 14.4. The highest BCUT2D eigenvalue weighted by Gasteiger charge is 2.16. The first kappa shape index (κ1) is 16.2. The Kier molecular flexibility index (Phi) is 5.56. The minimum Gasteiger partial charge on any atom is -0.311 e. The van der Waals surface area contributed by atoms with Crippen molar-refractivity contribution in [2.24, 2.45) is 7.05 Å². The molecule has 0 aromatic carbocycles. The predicted octanol–water partition coefficient (Wildman–Crippen LogP) is 3.00. The third-order valence-corrected chi connectivity index (χ3v) is 4.61. The van der Waals surface area contributed by atoms with Crippen LogP contribution < -0.4 is 5.32 Å². The number of rotatable bonds is 7. The average molecular weight is 306 g/mol. The Morgan fingerprint density at radius 1 is 1.38 bits per heavy atom. The summed E-state index contributed by atoms with van der Waals surface area (Å²) in [6.45, 7) is 6.21. The maximum atomic E-state index is 4.56. The van der Waals surface area contributed by atoms with E-state index in [2.05, 4.69) is 67.0 Å². The second-order valence-electron chi connectivity index (χ2n) is 5.99. The normalized spacial score (nSPS) is 13.3. The Morgan fingerprint density at radius 3 is 2.71 bits per heavy atom. The Bertz CT molecular complexity index is 543. The van der Waals surface area contributed by atoms with Crippen LogP contribution in [0.15, 0.2) is 23.7 Å². The number of nitrogens with one attached hydrogen (secondary N) is 1. The van der Waals surface area contributed by atoms with E-state index in [0.717, 1.165) is 13.1 Å². The summed E-state index contributed by atoms with van der Waals surface area (Å²) in [7, 11) is 6.26. The van der Waals surface area contributed by atoms with Crippen LogP contribution in [0.5, 0.6) is 0 Å². The van der Waals surface area contributed by atoms with E-state index in [0.29, 0.717) is 12.0 Å². The van der Waals surface area contributed by atoms with Gasteiger partial charge in [-0.1, -0.05) is 19.9 Å². The van der Waals surface area contributed by atoms with E-state index in [1.54, 1.807) is 0 Å². The van der Waals surface area contributed by atoms with E-state index in [9.17, 15) is 0 Å². The van der Waals surface area contributed by atoms with Gasteiger partial charge in [-0.25, -0.2) is 0 Å². The van der Waals surface area contributed by atoms with Gasteiger partial charge in [0.1, 0.15) is 0 Å². The molecule has 0 aliphatic rings. The summed E-state index contributed by atoms with van der Waals surface area (Å²) < 4.78 is 1.91. The molecule has 1 unspecified atom stereocenters. The van der Waals surface area contributed by atoms with Crippen LogP contribution in [0, 0.1) is 0 Å². The van der Waals surface area contributed by atoms with Gasteiger partial charge in [-0.2, -0.15) is 5.10 Å². The lowest BCUT2D eigenvalue weighted by Gasteiger charge is -2.23. The molecule has 2 rings (SSSR count). The summed E-state index contributed by atoms with van der Waals surface area (Å²) in [5.74, 6) is 0.463. The van der Waals surface area contributed by atoms with E-state index in [4.69, 9.17) is 0 Å². The molecule has 1 atom stereocenters. The Balaban J connectivity index is 1.97. The fourth-order valence-corrected chi connectivity index (χ4v) is 3.46. The molecule has 0 amide bonds. The van der Waals surface area contributed by atoms with Crippen molar-refractivity contribution in [1.29, 1.82) is 0 Å². The van der Waals surface area contributed by atoms with Gasteiger partial charge in [0.25, 0.3) is 0 Å². The van der Waals surface area contributed by atoms with Crippen LogP contribution in [-0.4, -0.2) is 35.3 Å². The highest BCUT2D eigenvalue weighted by atomic mass is 32.1. The Hall–Kier alpha value is -1.17. The molecule has 1 N–H and O–H groups in total. The minimum absolute atomic E-state index is 0.421. The molecule has 21 heavy (non-hydrogen) atoms. The van der Waals surface area contributed by atoms with E-state index in [1.807, 2.05) is 23.1 Å². The zero-order chi connectivity index (χ0) is 15.4. The summed E-state index contributed by atoms with van der Waals surface area (Å²) in [5, 5.41) is 10.3. The molecule has 4 nitrogen and oxygen atoms in total. The molecule has 2 heterocycles. The molecular weight excluding hydrogens is 280 g/mol. The van der Waals surface area contributed by atoms with Crippen molar-refractivity contribution in [3.05, 3.63) is 39.8 Å². The van der Waals surface area contributed by atoms with E-state index >= 15 is 0 Å². The van der Waals surface area contributed by atoms with Crippen molar-refractivity contribution in [2.75, 3.05) is 20.6 Å². The second-order valence-corrected chi connectivity index (χ2v) is 6.97. The molecule has 0 spiro atoms. The van der Waals surface area contributed by atoms with Gasteiger partial charge in [-0.3, -0.25) is 4.68 Å². The van der Waals surface area contributed by atoms with Crippen LogP contribution in [-0.2, 0) is 13.6 Å². The molecule has 0 aliphatic carbocycles. The van der Waals surface area contributed by atoms with Crippen molar-refractivity contribution in [3.63, 3.8) is 0 Å². The fraction of sp³-hybridized carbons (Fsp3) is 0.562. The lowest BCUT2D eigenvalue weighted by Crippen LogP contribution is -2.30. The van der Waals surface area contributed by atoms with Gasteiger partial charge in [0, 0.05) is 36.8 Å². The molecule has 0 radical (unpaired) electrons. The second kappa shape index (κ2) is 7.20. The average Bonchev–Trinajstić information content (AvgIpc) is 3.03. The maximum Gasteiger partial charge on any atom is 0.0694 e. The summed E-state index contributed by atoms with van der Waals surface area (Å²) in [5.41, 5.74) is 2.50. The fourth-order valence-electron chi connectivity index (χ4n) is 2.54. The monoisotopic (exact) mass is 306 g/mol. The van der Waals surface area contributed by atoms with Crippen LogP contribution >= 0.6 is 11.3 Å². The molecule has 0 aliphatic heterocycles. The molecule has 2 aromatic rings. The molecule has 0 saturated heterocycles. The van der Waals surface area contributed by atoms with Crippen molar-refractivity contribution in [1.82, 2.24) is 20.0 Å².